The Kier molecular flexibility index (Phi) is 9.86. The van der Waals surface area contributed by atoms with Gasteiger partial charge in [0.2, 0.25) is 27.7 Å². The number of morpholine rings is 1. The lowest BCUT2D eigenvalue weighted by Crippen LogP contribution is -2.54. The van der Waals surface area contributed by atoms with Crippen molar-refractivity contribution in [3.8, 4) is 0 Å². The Hall–Kier alpha value is -2.06. The number of halogens is 1. The van der Waals surface area contributed by atoms with Crippen molar-refractivity contribution in [2.45, 2.75) is 38.3 Å². The second-order valence-corrected chi connectivity index (χ2v) is 12.5. The molecule has 3 amide bonds. The molecule has 2 fully saturated rings. The zero-order chi connectivity index (χ0) is 26.5. The number of aryl methyl sites for hydroxylation is 1. The van der Waals surface area contributed by atoms with Crippen LogP contribution in [0.1, 0.15) is 24.6 Å². The second-order valence-electron chi connectivity index (χ2n) is 8.87. The van der Waals surface area contributed by atoms with Crippen LogP contribution in [0.25, 0.3) is 0 Å². The first-order valence-electron chi connectivity index (χ1n) is 11.6. The van der Waals surface area contributed by atoms with Gasteiger partial charge in [-0.1, -0.05) is 11.6 Å². The molecule has 0 bridgehead atoms. The van der Waals surface area contributed by atoms with Crippen LogP contribution in [0.5, 0.6) is 0 Å². The Balaban J connectivity index is 1.71. The molecular formula is C22H32ClN5O6S2. The highest BCUT2D eigenvalue weighted by molar-refractivity contribution is 7.89. The maximum Gasteiger partial charge on any atom is 0.249 e. The van der Waals surface area contributed by atoms with Crippen molar-refractivity contribution in [1.29, 1.82) is 0 Å². The van der Waals surface area contributed by atoms with Gasteiger partial charge in [0.05, 0.1) is 29.7 Å². The molecule has 2 aliphatic rings. The van der Waals surface area contributed by atoms with Gasteiger partial charge in [0.1, 0.15) is 17.9 Å². The molecule has 2 aliphatic heterocycles. The first-order valence-corrected chi connectivity index (χ1v) is 14.5. The Morgan fingerprint density at radius 2 is 1.97 bits per heavy atom. The Morgan fingerprint density at radius 3 is 2.58 bits per heavy atom. The van der Waals surface area contributed by atoms with Gasteiger partial charge in [-0.25, -0.2) is 18.1 Å². The number of hydrogen-bond donors (Lipinski definition) is 1. The van der Waals surface area contributed by atoms with Gasteiger partial charge in [0, 0.05) is 38.6 Å². The normalized spacial score (nSPS) is 20.1. The molecule has 11 nitrogen and oxygen atoms in total. The second kappa shape index (κ2) is 12.5. The van der Waals surface area contributed by atoms with Crippen molar-refractivity contribution in [2.75, 3.05) is 52.7 Å². The van der Waals surface area contributed by atoms with Gasteiger partial charge in [0.25, 0.3) is 0 Å². The van der Waals surface area contributed by atoms with Crippen LogP contribution in [0.4, 0.5) is 0 Å². The summed E-state index contributed by atoms with van der Waals surface area (Å²) in [6.07, 6.45) is 0.183. The number of carbonyl (C=O) groups is 3. The molecule has 2 saturated heterocycles. The molecule has 200 valence electrons. The summed E-state index contributed by atoms with van der Waals surface area (Å²) in [4.78, 5) is 48.7. The monoisotopic (exact) mass is 561 g/mol. The van der Waals surface area contributed by atoms with Gasteiger partial charge in [-0.05, 0) is 31.9 Å². The number of ether oxygens (including phenoxy) is 1. The van der Waals surface area contributed by atoms with E-state index in [0.29, 0.717) is 36.5 Å². The van der Waals surface area contributed by atoms with Crippen molar-refractivity contribution >= 4 is 56.5 Å². The van der Waals surface area contributed by atoms with Crippen molar-refractivity contribution in [3.05, 3.63) is 21.3 Å². The van der Waals surface area contributed by atoms with Crippen LogP contribution in [-0.2, 0) is 35.6 Å². The van der Waals surface area contributed by atoms with E-state index in [-0.39, 0.29) is 37.5 Å². The van der Waals surface area contributed by atoms with Gasteiger partial charge in [-0.2, -0.15) is 0 Å². The molecule has 0 unspecified atom stereocenters. The lowest BCUT2D eigenvalue weighted by Gasteiger charge is -2.34. The van der Waals surface area contributed by atoms with Crippen LogP contribution in [0.15, 0.2) is 17.1 Å². The summed E-state index contributed by atoms with van der Waals surface area (Å²) in [7, 11) is -0.273. The van der Waals surface area contributed by atoms with Gasteiger partial charge < -0.3 is 19.4 Å². The molecule has 1 N–H and O–H groups in total. The highest BCUT2D eigenvalue weighted by atomic mass is 35.5. The number of rotatable bonds is 9. The first kappa shape index (κ1) is 28.5. The Labute approximate surface area is 220 Å². The lowest BCUT2D eigenvalue weighted by molar-refractivity contribution is -0.148. The standard InChI is InChI=1S/C22H32ClN5O6S2/c1-15(26(2)3)24-20(29)14-18(22(31)27-9-11-34-12-10-27)28-8-6-17(21(28)30)25-36(32,33)13-7-16-4-5-19(23)35-16/h4-5,17-18,25H,6-14H2,1-3H3/t17-,18-/m0/s1. The summed E-state index contributed by atoms with van der Waals surface area (Å²) in [5, 5.41) is 0. The van der Waals surface area contributed by atoms with E-state index in [1.165, 1.54) is 16.2 Å². The zero-order valence-electron chi connectivity index (χ0n) is 20.6. The topological polar surface area (TPSA) is 129 Å². The quantitative estimate of drug-likeness (QED) is 0.345. The van der Waals surface area contributed by atoms with E-state index in [1.807, 2.05) is 0 Å². The molecule has 0 saturated carbocycles. The number of sulfonamides is 1. The minimum absolute atomic E-state index is 0.150. The minimum Gasteiger partial charge on any atom is -0.378 e. The van der Waals surface area contributed by atoms with Crippen LogP contribution < -0.4 is 4.72 Å². The fourth-order valence-corrected chi connectivity index (χ4v) is 6.41. The van der Waals surface area contributed by atoms with E-state index in [0.717, 1.165) is 4.88 Å². The summed E-state index contributed by atoms with van der Waals surface area (Å²) in [6.45, 7) is 3.28. The van der Waals surface area contributed by atoms with E-state index in [9.17, 15) is 22.8 Å². The smallest absolute Gasteiger partial charge is 0.249 e. The largest absolute Gasteiger partial charge is 0.378 e. The van der Waals surface area contributed by atoms with Crippen molar-refractivity contribution in [1.82, 2.24) is 19.4 Å². The maximum atomic E-state index is 13.4. The average Bonchev–Trinajstić information content (AvgIpc) is 3.41. The molecule has 1 aromatic heterocycles. The maximum absolute atomic E-state index is 13.4. The third-order valence-electron chi connectivity index (χ3n) is 6.09. The number of amidine groups is 1. The highest BCUT2D eigenvalue weighted by Gasteiger charge is 2.42. The van der Waals surface area contributed by atoms with Gasteiger partial charge in [-0.15, -0.1) is 11.3 Å². The van der Waals surface area contributed by atoms with E-state index >= 15 is 0 Å². The molecule has 36 heavy (non-hydrogen) atoms. The van der Waals surface area contributed by atoms with Crippen LogP contribution in [0, 0.1) is 0 Å². The predicted octanol–water partition coefficient (Wildman–Crippen LogP) is 0.588. The number of hydrogen-bond acceptors (Lipinski definition) is 7. The van der Waals surface area contributed by atoms with Gasteiger partial charge in [0.15, 0.2) is 0 Å². The highest BCUT2D eigenvalue weighted by Crippen LogP contribution is 2.23. The molecular weight excluding hydrogens is 530 g/mol. The average molecular weight is 562 g/mol. The van der Waals surface area contributed by atoms with Gasteiger partial charge >= 0.3 is 0 Å². The molecule has 0 aromatic carbocycles. The number of amides is 3. The molecule has 0 radical (unpaired) electrons. The molecule has 0 aliphatic carbocycles. The van der Waals surface area contributed by atoms with Crippen molar-refractivity contribution in [2.24, 2.45) is 4.99 Å². The molecule has 0 spiro atoms. The SMILES string of the molecule is CC(=NC(=O)C[C@@H](C(=O)N1CCOCC1)N1CC[C@H](NS(=O)(=O)CCc2ccc(Cl)s2)C1=O)N(C)C. The summed E-state index contributed by atoms with van der Waals surface area (Å²) in [5.74, 6) is -1.13. The molecule has 3 rings (SSSR count). The Morgan fingerprint density at radius 1 is 1.28 bits per heavy atom. The third kappa shape index (κ3) is 7.72. The fourth-order valence-electron chi connectivity index (χ4n) is 3.93. The van der Waals surface area contributed by atoms with Crippen LogP contribution >= 0.6 is 22.9 Å². The number of thiophene rings is 1. The first-order chi connectivity index (χ1) is 17.0. The number of nitrogens with zero attached hydrogens (tertiary/aromatic N) is 4. The fraction of sp³-hybridized carbons (Fsp3) is 0.636. The number of nitrogens with one attached hydrogen (secondary N) is 1. The summed E-state index contributed by atoms with van der Waals surface area (Å²) in [5.41, 5.74) is 0. The van der Waals surface area contributed by atoms with E-state index in [1.54, 1.807) is 43.0 Å². The number of likely N-dealkylation sites (tertiary alicyclic amines) is 1. The van der Waals surface area contributed by atoms with Crippen LogP contribution in [0.3, 0.4) is 0 Å². The molecule has 1 aromatic rings. The van der Waals surface area contributed by atoms with Gasteiger partial charge in [-0.3, -0.25) is 14.4 Å². The summed E-state index contributed by atoms with van der Waals surface area (Å²) < 4.78 is 33.7. The third-order valence-corrected chi connectivity index (χ3v) is 8.77. The predicted molar refractivity (Wildman–Crippen MR) is 138 cm³/mol. The van der Waals surface area contributed by atoms with Crippen LogP contribution in [0.2, 0.25) is 4.34 Å². The summed E-state index contributed by atoms with van der Waals surface area (Å²) in [6, 6.07) is 1.41. The van der Waals surface area contributed by atoms with Crippen molar-refractivity contribution < 1.29 is 27.5 Å². The summed E-state index contributed by atoms with van der Waals surface area (Å²) >= 11 is 7.21. The van der Waals surface area contributed by atoms with E-state index < -0.39 is 33.9 Å². The number of carbonyl (C=O) groups excluding carboxylic acids is 3. The molecule has 14 heteroatoms. The molecule has 3 heterocycles. The van der Waals surface area contributed by atoms with E-state index in [2.05, 4.69) is 9.71 Å². The Bertz CT molecular complexity index is 1100. The number of aliphatic imine (C=N–C) groups is 1. The zero-order valence-corrected chi connectivity index (χ0v) is 23.0. The minimum atomic E-state index is -3.77. The molecule has 2 atom stereocenters. The van der Waals surface area contributed by atoms with Crippen LogP contribution in [-0.4, -0.2) is 111 Å². The van der Waals surface area contributed by atoms with Crippen molar-refractivity contribution in [3.63, 3.8) is 0 Å². The lowest BCUT2D eigenvalue weighted by atomic mass is 10.1. The van der Waals surface area contributed by atoms with E-state index in [4.69, 9.17) is 16.3 Å².